The lowest BCUT2D eigenvalue weighted by molar-refractivity contribution is 0.281. The fourth-order valence-electron chi connectivity index (χ4n) is 3.05. The molecule has 0 spiro atoms. The van der Waals surface area contributed by atoms with E-state index in [4.69, 9.17) is 10.2 Å². The Kier molecular flexibility index (Phi) is 6.38. The average molecular weight is 420 g/mol. The van der Waals surface area contributed by atoms with E-state index >= 15 is 0 Å². The molecule has 4 aromatic rings. The van der Waals surface area contributed by atoms with Gasteiger partial charge in [-0.3, -0.25) is 4.98 Å². The minimum Gasteiger partial charge on any atom is -0.395 e. The fourth-order valence-corrected chi connectivity index (χ4v) is 4.05. The molecule has 0 amide bonds. The van der Waals surface area contributed by atoms with Crippen LogP contribution in [0.15, 0.2) is 77.2 Å². The van der Waals surface area contributed by atoms with Crippen molar-refractivity contribution < 1.29 is 10.2 Å². The Balaban J connectivity index is 1.50. The van der Waals surface area contributed by atoms with E-state index in [1.54, 1.807) is 23.7 Å². The highest BCUT2D eigenvalue weighted by Gasteiger charge is 2.07. The van der Waals surface area contributed by atoms with Crippen LogP contribution in [0.2, 0.25) is 0 Å². The van der Waals surface area contributed by atoms with Crippen LogP contribution in [0.4, 0.5) is 17.1 Å². The van der Waals surface area contributed by atoms with Gasteiger partial charge in [0, 0.05) is 36.7 Å². The Morgan fingerprint density at radius 3 is 2.20 bits per heavy atom. The number of thiazole rings is 1. The zero-order valence-electron chi connectivity index (χ0n) is 16.2. The lowest BCUT2D eigenvalue weighted by Gasteiger charge is -2.22. The maximum absolute atomic E-state index is 9.17. The Morgan fingerprint density at radius 2 is 1.50 bits per heavy atom. The van der Waals surface area contributed by atoms with Gasteiger partial charge >= 0.3 is 0 Å². The number of azo groups is 1. The number of aliphatic hydroxyl groups excluding tert-OH is 2. The summed E-state index contributed by atoms with van der Waals surface area (Å²) in [6, 6.07) is 17.3. The number of hydrogen-bond donors (Lipinski definition) is 2. The van der Waals surface area contributed by atoms with E-state index in [9.17, 15) is 0 Å². The molecule has 7 nitrogen and oxygen atoms in total. The van der Waals surface area contributed by atoms with Crippen molar-refractivity contribution in [3.63, 3.8) is 0 Å². The van der Waals surface area contributed by atoms with Crippen LogP contribution in [0.3, 0.4) is 0 Å². The zero-order valence-corrected chi connectivity index (χ0v) is 17.0. The number of aliphatic hydroxyl groups is 2. The van der Waals surface area contributed by atoms with Crippen molar-refractivity contribution in [1.82, 2.24) is 9.97 Å². The van der Waals surface area contributed by atoms with Gasteiger partial charge in [0.2, 0.25) is 0 Å². The Labute approximate surface area is 178 Å². The molecule has 152 valence electrons. The fraction of sp³-hybridized carbons (Fsp3) is 0.182. The monoisotopic (exact) mass is 419 g/mol. The first kappa shape index (κ1) is 20.1. The number of nitrogens with zero attached hydrogens (tertiary/aromatic N) is 5. The summed E-state index contributed by atoms with van der Waals surface area (Å²) in [6.07, 6.45) is 3.53. The Morgan fingerprint density at radius 1 is 0.833 bits per heavy atom. The largest absolute Gasteiger partial charge is 0.395 e. The summed E-state index contributed by atoms with van der Waals surface area (Å²) in [6.45, 7) is 1.00. The molecule has 0 aliphatic rings. The van der Waals surface area contributed by atoms with Crippen molar-refractivity contribution in [1.29, 1.82) is 0 Å². The smallest absolute Gasteiger partial charge is 0.124 e. The van der Waals surface area contributed by atoms with Crippen LogP contribution < -0.4 is 4.90 Å². The van der Waals surface area contributed by atoms with Crippen LogP contribution in [-0.2, 0) is 0 Å². The molecule has 0 atom stereocenters. The number of anilines is 1. The third kappa shape index (κ3) is 4.68. The molecule has 4 rings (SSSR count). The van der Waals surface area contributed by atoms with E-state index in [0.717, 1.165) is 37.8 Å². The molecule has 2 aromatic heterocycles. The van der Waals surface area contributed by atoms with Crippen LogP contribution in [0, 0.1) is 0 Å². The van der Waals surface area contributed by atoms with Crippen molar-refractivity contribution in [2.75, 3.05) is 31.2 Å². The molecule has 2 heterocycles. The SMILES string of the molecule is OCCN(CCO)c1ccc(/N=N/c2ccc3nc(-c4ccncc4)sc3c2)cc1. The molecule has 0 radical (unpaired) electrons. The standard InChI is InChI=1S/C22H21N5O2S/c28-13-11-27(12-14-29)19-4-1-17(2-5-19)25-26-18-3-6-20-21(15-18)30-22(24-20)16-7-9-23-10-8-16/h1-10,15,28-29H,11-14H2/b26-25+. The lowest BCUT2D eigenvalue weighted by Crippen LogP contribution is -2.29. The Bertz CT molecular complexity index is 1120. The molecule has 0 aliphatic carbocycles. The second-order valence-electron chi connectivity index (χ2n) is 6.56. The van der Waals surface area contributed by atoms with Crippen LogP contribution in [0.5, 0.6) is 0 Å². The van der Waals surface area contributed by atoms with Gasteiger partial charge in [0.15, 0.2) is 0 Å². The molecule has 2 N–H and O–H groups in total. The minimum atomic E-state index is 0.0321. The average Bonchev–Trinajstić information content (AvgIpc) is 3.22. The summed E-state index contributed by atoms with van der Waals surface area (Å²) in [4.78, 5) is 10.6. The van der Waals surface area contributed by atoms with E-state index in [2.05, 4.69) is 20.2 Å². The van der Waals surface area contributed by atoms with Crippen molar-refractivity contribution in [2.45, 2.75) is 0 Å². The molecule has 0 unspecified atom stereocenters. The van der Waals surface area contributed by atoms with E-state index in [0.29, 0.717) is 13.1 Å². The minimum absolute atomic E-state index is 0.0321. The van der Waals surface area contributed by atoms with Gasteiger partial charge in [-0.1, -0.05) is 0 Å². The summed E-state index contributed by atoms with van der Waals surface area (Å²) in [5, 5.41) is 28.0. The first-order chi connectivity index (χ1) is 14.8. The summed E-state index contributed by atoms with van der Waals surface area (Å²) in [5.74, 6) is 0. The lowest BCUT2D eigenvalue weighted by atomic mass is 10.2. The zero-order chi connectivity index (χ0) is 20.8. The predicted molar refractivity (Wildman–Crippen MR) is 120 cm³/mol. The first-order valence-corrected chi connectivity index (χ1v) is 10.4. The maximum atomic E-state index is 9.17. The Hall–Kier alpha value is -3.20. The van der Waals surface area contributed by atoms with E-state index in [1.807, 2.05) is 59.5 Å². The summed E-state index contributed by atoms with van der Waals surface area (Å²) in [5.41, 5.74) is 4.40. The van der Waals surface area contributed by atoms with Crippen molar-refractivity contribution >= 4 is 38.6 Å². The molecule has 0 saturated heterocycles. The quantitative estimate of drug-likeness (QED) is 0.408. The van der Waals surface area contributed by atoms with Gasteiger partial charge in [0.25, 0.3) is 0 Å². The predicted octanol–water partition coefficient (Wildman–Crippen LogP) is 4.56. The summed E-state index contributed by atoms with van der Waals surface area (Å²) in [7, 11) is 0. The van der Waals surface area contributed by atoms with E-state index < -0.39 is 0 Å². The number of hydrogen-bond acceptors (Lipinski definition) is 8. The third-order valence-corrected chi connectivity index (χ3v) is 5.60. The molecular weight excluding hydrogens is 398 g/mol. The maximum Gasteiger partial charge on any atom is 0.124 e. The third-order valence-electron chi connectivity index (χ3n) is 4.53. The van der Waals surface area contributed by atoms with Gasteiger partial charge in [-0.2, -0.15) is 10.2 Å². The molecule has 0 saturated carbocycles. The highest BCUT2D eigenvalue weighted by atomic mass is 32.1. The molecule has 8 heteroatoms. The normalized spacial score (nSPS) is 11.4. The summed E-state index contributed by atoms with van der Waals surface area (Å²) >= 11 is 1.61. The van der Waals surface area contributed by atoms with Crippen molar-refractivity contribution in [2.24, 2.45) is 10.2 Å². The number of pyridine rings is 1. The highest BCUT2D eigenvalue weighted by Crippen LogP contribution is 2.32. The second-order valence-corrected chi connectivity index (χ2v) is 7.59. The molecule has 30 heavy (non-hydrogen) atoms. The second kappa shape index (κ2) is 9.53. The number of fused-ring (bicyclic) bond motifs is 1. The van der Waals surface area contributed by atoms with Gasteiger partial charge in [-0.25, -0.2) is 4.98 Å². The van der Waals surface area contributed by atoms with Crippen LogP contribution in [0.1, 0.15) is 0 Å². The molecule has 2 aromatic carbocycles. The topological polar surface area (TPSA) is 94.2 Å². The van der Waals surface area contributed by atoms with Gasteiger partial charge in [-0.05, 0) is 54.6 Å². The molecule has 0 aliphatic heterocycles. The summed E-state index contributed by atoms with van der Waals surface area (Å²) < 4.78 is 1.05. The molecule has 0 bridgehead atoms. The van der Waals surface area contributed by atoms with Crippen molar-refractivity contribution in [3.05, 3.63) is 67.0 Å². The van der Waals surface area contributed by atoms with Crippen molar-refractivity contribution in [3.8, 4) is 10.6 Å². The van der Waals surface area contributed by atoms with Gasteiger partial charge in [0.1, 0.15) is 5.01 Å². The van der Waals surface area contributed by atoms with Gasteiger partial charge < -0.3 is 15.1 Å². The van der Waals surface area contributed by atoms with Crippen LogP contribution in [-0.4, -0.2) is 46.5 Å². The van der Waals surface area contributed by atoms with Crippen LogP contribution in [0.25, 0.3) is 20.8 Å². The van der Waals surface area contributed by atoms with Crippen LogP contribution >= 0.6 is 11.3 Å². The number of benzene rings is 2. The molecule has 0 fully saturated rings. The number of rotatable bonds is 8. The number of aromatic nitrogens is 2. The first-order valence-electron chi connectivity index (χ1n) is 9.56. The van der Waals surface area contributed by atoms with Gasteiger partial charge in [0.05, 0.1) is 34.8 Å². The van der Waals surface area contributed by atoms with E-state index in [-0.39, 0.29) is 13.2 Å². The molecular formula is C22H21N5O2S. The van der Waals surface area contributed by atoms with Gasteiger partial charge in [-0.15, -0.1) is 11.3 Å². The van der Waals surface area contributed by atoms with E-state index in [1.165, 1.54) is 0 Å². The highest BCUT2D eigenvalue weighted by molar-refractivity contribution is 7.21.